The molecule has 1 saturated heterocycles. The number of rotatable bonds is 5. The van der Waals surface area contributed by atoms with Crippen LogP contribution in [0.25, 0.3) is 6.08 Å². The van der Waals surface area contributed by atoms with Crippen molar-refractivity contribution in [2.24, 2.45) is 0 Å². The van der Waals surface area contributed by atoms with Crippen LogP contribution in [0, 0.1) is 17.0 Å². The lowest BCUT2D eigenvalue weighted by atomic mass is 10.1. The fourth-order valence-corrected chi connectivity index (χ4v) is 3.08. The molecule has 2 heterocycles. The monoisotopic (exact) mass is 370 g/mol. The molecule has 8 heteroatoms. The lowest BCUT2D eigenvalue weighted by Gasteiger charge is -2.12. The Kier molecular flexibility index (Phi) is 5.04. The van der Waals surface area contributed by atoms with E-state index in [1.807, 2.05) is 31.2 Å². The van der Waals surface area contributed by atoms with Crippen LogP contribution in [0.3, 0.4) is 0 Å². The van der Waals surface area contributed by atoms with E-state index in [0.29, 0.717) is 4.91 Å². The molecule has 0 saturated carbocycles. The summed E-state index contributed by atoms with van der Waals surface area (Å²) in [6.45, 7) is 2.18. The average molecular weight is 370 g/mol. The fraction of sp³-hybridized carbons (Fsp3) is 0.111. The summed E-state index contributed by atoms with van der Waals surface area (Å²) in [7, 11) is 0. The van der Waals surface area contributed by atoms with Crippen LogP contribution in [0.15, 0.2) is 57.9 Å². The number of allylic oxidation sites excluding steroid dienone is 2. The van der Waals surface area contributed by atoms with E-state index >= 15 is 0 Å². The summed E-state index contributed by atoms with van der Waals surface area (Å²) in [4.78, 5) is 35.9. The fourth-order valence-electron chi connectivity index (χ4n) is 2.29. The average Bonchev–Trinajstić information content (AvgIpc) is 3.18. The first-order valence-electron chi connectivity index (χ1n) is 7.66. The molecule has 0 N–H and O–H groups in total. The third kappa shape index (κ3) is 3.92. The number of hydrogen-bond acceptors (Lipinski definition) is 6. The highest BCUT2D eigenvalue weighted by Crippen LogP contribution is 2.32. The van der Waals surface area contributed by atoms with Crippen LogP contribution < -0.4 is 0 Å². The second-order valence-electron chi connectivity index (χ2n) is 5.57. The van der Waals surface area contributed by atoms with Crippen molar-refractivity contribution in [3.8, 4) is 0 Å². The molecule has 1 aliphatic heterocycles. The number of imide groups is 1. The molecule has 0 atom stereocenters. The van der Waals surface area contributed by atoms with E-state index in [9.17, 15) is 19.7 Å². The summed E-state index contributed by atoms with van der Waals surface area (Å²) < 4.78 is 4.98. The predicted molar refractivity (Wildman–Crippen MR) is 97.2 cm³/mol. The summed E-state index contributed by atoms with van der Waals surface area (Å²) in [5.41, 5.74) is 1.98. The highest BCUT2D eigenvalue weighted by atomic mass is 32.2. The minimum absolute atomic E-state index is 0.219. The number of amides is 2. The van der Waals surface area contributed by atoms with Gasteiger partial charge in [0.25, 0.3) is 11.1 Å². The van der Waals surface area contributed by atoms with Crippen molar-refractivity contribution in [2.45, 2.75) is 13.5 Å². The quantitative estimate of drug-likeness (QED) is 0.443. The molecule has 1 aromatic carbocycles. The van der Waals surface area contributed by atoms with E-state index in [-0.39, 0.29) is 29.3 Å². The van der Waals surface area contributed by atoms with Crippen molar-refractivity contribution in [1.82, 2.24) is 4.90 Å². The second kappa shape index (κ2) is 7.40. The lowest BCUT2D eigenvalue weighted by Crippen LogP contribution is -2.27. The van der Waals surface area contributed by atoms with Crippen LogP contribution in [0.1, 0.15) is 16.9 Å². The molecule has 2 aromatic rings. The van der Waals surface area contributed by atoms with Gasteiger partial charge in [-0.25, -0.2) is 0 Å². The number of thioether (sulfide) groups is 1. The van der Waals surface area contributed by atoms with E-state index in [2.05, 4.69) is 0 Å². The molecule has 1 aliphatic rings. The highest BCUT2D eigenvalue weighted by Gasteiger charge is 2.34. The molecule has 1 aromatic heterocycles. The number of nitrogens with zero attached hydrogens (tertiary/aromatic N) is 2. The van der Waals surface area contributed by atoms with Gasteiger partial charge in [-0.2, -0.15) is 0 Å². The minimum atomic E-state index is -0.631. The maximum absolute atomic E-state index is 12.4. The van der Waals surface area contributed by atoms with Gasteiger partial charge in [0.15, 0.2) is 0 Å². The first kappa shape index (κ1) is 17.7. The number of hydrogen-bond donors (Lipinski definition) is 0. The third-order valence-electron chi connectivity index (χ3n) is 3.64. The Bertz CT molecular complexity index is 927. The van der Waals surface area contributed by atoms with Crippen LogP contribution in [-0.4, -0.2) is 21.0 Å². The highest BCUT2D eigenvalue weighted by molar-refractivity contribution is 8.18. The van der Waals surface area contributed by atoms with Gasteiger partial charge in [-0.1, -0.05) is 35.9 Å². The molecule has 26 heavy (non-hydrogen) atoms. The molecule has 1 fully saturated rings. The lowest BCUT2D eigenvalue weighted by molar-refractivity contribution is -0.402. The molecular weight excluding hydrogens is 356 g/mol. The van der Waals surface area contributed by atoms with Crippen molar-refractivity contribution in [3.63, 3.8) is 0 Å². The van der Waals surface area contributed by atoms with E-state index < -0.39 is 4.92 Å². The Morgan fingerprint density at radius 3 is 2.58 bits per heavy atom. The maximum atomic E-state index is 12.4. The molecule has 7 nitrogen and oxygen atoms in total. The Morgan fingerprint density at radius 1 is 1.19 bits per heavy atom. The SMILES string of the molecule is Cc1ccc(CN2C(=O)S/C(=C\C=C\c3ccc([N+](=O)[O-])o3)C2=O)cc1. The van der Waals surface area contributed by atoms with Gasteiger partial charge in [0.05, 0.1) is 17.5 Å². The van der Waals surface area contributed by atoms with Crippen LogP contribution >= 0.6 is 11.8 Å². The van der Waals surface area contributed by atoms with Gasteiger partial charge < -0.3 is 4.42 Å². The van der Waals surface area contributed by atoms with Gasteiger partial charge in [-0.15, -0.1) is 0 Å². The number of nitro groups is 1. The zero-order chi connectivity index (χ0) is 18.7. The smallest absolute Gasteiger partial charge is 0.401 e. The molecule has 0 radical (unpaired) electrons. The molecule has 0 spiro atoms. The number of carbonyl (C=O) groups is 2. The molecular formula is C18H14N2O5S. The second-order valence-corrected chi connectivity index (χ2v) is 6.56. The van der Waals surface area contributed by atoms with E-state index in [4.69, 9.17) is 4.42 Å². The van der Waals surface area contributed by atoms with Gasteiger partial charge in [0, 0.05) is 0 Å². The molecule has 3 rings (SSSR count). The molecule has 132 valence electrons. The Balaban J connectivity index is 1.69. The van der Waals surface area contributed by atoms with Crippen LogP contribution in [0.4, 0.5) is 10.7 Å². The van der Waals surface area contributed by atoms with E-state index in [0.717, 1.165) is 22.9 Å². The van der Waals surface area contributed by atoms with Gasteiger partial charge in [-0.3, -0.25) is 24.6 Å². The van der Waals surface area contributed by atoms with Crippen molar-refractivity contribution >= 4 is 34.9 Å². The summed E-state index contributed by atoms with van der Waals surface area (Å²) in [6.07, 6.45) is 4.50. The third-order valence-corrected chi connectivity index (χ3v) is 4.56. The van der Waals surface area contributed by atoms with Crippen LogP contribution in [-0.2, 0) is 11.3 Å². The van der Waals surface area contributed by atoms with Gasteiger partial charge in [0.2, 0.25) is 0 Å². The van der Waals surface area contributed by atoms with Crippen molar-refractivity contribution in [3.05, 3.63) is 80.5 Å². The first-order valence-corrected chi connectivity index (χ1v) is 8.47. The molecule has 0 aliphatic carbocycles. The van der Waals surface area contributed by atoms with Crippen LogP contribution in [0.5, 0.6) is 0 Å². The normalized spacial score (nSPS) is 16.2. The molecule has 0 bridgehead atoms. The summed E-state index contributed by atoms with van der Waals surface area (Å²) in [5.74, 6) is -0.439. The standard InChI is InChI=1S/C18H14N2O5S/c1-12-5-7-13(8-6-12)11-19-17(21)15(26-18(19)22)4-2-3-14-9-10-16(25-14)20(23)24/h2-10H,11H2,1H3/b3-2+,15-4-. The zero-order valence-corrected chi connectivity index (χ0v) is 14.6. The first-order chi connectivity index (χ1) is 12.4. The topological polar surface area (TPSA) is 93.7 Å². The van der Waals surface area contributed by atoms with Crippen molar-refractivity contribution in [1.29, 1.82) is 0 Å². The van der Waals surface area contributed by atoms with Gasteiger partial charge in [-0.05, 0) is 42.5 Å². The number of furan rings is 1. The Hall–Kier alpha value is -3.13. The summed E-state index contributed by atoms with van der Waals surface area (Å²) >= 11 is 0.858. The zero-order valence-electron chi connectivity index (χ0n) is 13.7. The summed E-state index contributed by atoms with van der Waals surface area (Å²) in [6, 6.07) is 10.3. The number of aryl methyl sites for hydroxylation is 1. The Morgan fingerprint density at radius 2 is 1.92 bits per heavy atom. The van der Waals surface area contributed by atoms with E-state index in [1.165, 1.54) is 35.3 Å². The largest absolute Gasteiger partial charge is 0.433 e. The number of carbonyl (C=O) groups excluding carboxylic acids is 2. The van der Waals surface area contributed by atoms with Gasteiger partial charge >= 0.3 is 5.88 Å². The van der Waals surface area contributed by atoms with E-state index in [1.54, 1.807) is 0 Å². The number of benzene rings is 1. The predicted octanol–water partition coefficient (Wildman–Crippen LogP) is 4.29. The molecule has 0 unspecified atom stereocenters. The molecule has 2 amide bonds. The maximum Gasteiger partial charge on any atom is 0.433 e. The van der Waals surface area contributed by atoms with Gasteiger partial charge in [0.1, 0.15) is 10.7 Å². The van der Waals surface area contributed by atoms with Crippen molar-refractivity contribution < 1.29 is 18.9 Å². The van der Waals surface area contributed by atoms with Crippen molar-refractivity contribution in [2.75, 3.05) is 0 Å². The summed E-state index contributed by atoms with van der Waals surface area (Å²) in [5, 5.41) is 10.2. The Labute approximate surface area is 153 Å². The van der Waals surface area contributed by atoms with Crippen LogP contribution in [0.2, 0.25) is 0 Å². The minimum Gasteiger partial charge on any atom is -0.401 e.